The van der Waals surface area contributed by atoms with Crippen LogP contribution >= 0.6 is 10.6 Å². The molecule has 2 heterocycles. The highest BCUT2D eigenvalue weighted by molar-refractivity contribution is 8.24. The van der Waals surface area contributed by atoms with Crippen molar-refractivity contribution in [3.05, 3.63) is 29.8 Å². The summed E-state index contributed by atoms with van der Waals surface area (Å²) in [5.41, 5.74) is 0.997. The van der Waals surface area contributed by atoms with Gasteiger partial charge in [-0.2, -0.15) is 19.4 Å². The van der Waals surface area contributed by atoms with Crippen LogP contribution in [-0.4, -0.2) is 69.2 Å². The minimum Gasteiger partial charge on any atom is -0.435 e. The van der Waals surface area contributed by atoms with E-state index in [1.165, 1.54) is 12.1 Å². The zero-order chi connectivity index (χ0) is 18.7. The molecule has 146 valence electrons. The maximum Gasteiger partial charge on any atom is 0.387 e. The van der Waals surface area contributed by atoms with E-state index >= 15 is 0 Å². The predicted octanol–water partition coefficient (Wildman–Crippen LogP) is 3.65. The molecule has 1 unspecified atom stereocenters. The molecule has 3 rings (SSSR count). The van der Waals surface area contributed by atoms with Crippen molar-refractivity contribution in [3.8, 4) is 5.75 Å². The van der Waals surface area contributed by atoms with Gasteiger partial charge in [0.25, 0.3) is 0 Å². The molecular formula is C17H24F2N2O4S. The van der Waals surface area contributed by atoms with Crippen LogP contribution in [0.15, 0.2) is 24.3 Å². The van der Waals surface area contributed by atoms with Crippen molar-refractivity contribution in [2.75, 3.05) is 37.7 Å². The molecule has 6 nitrogen and oxygen atoms in total. The molecule has 2 amide bonds. The molecule has 0 aromatic heterocycles. The van der Waals surface area contributed by atoms with E-state index in [2.05, 4.69) is 4.74 Å². The van der Waals surface area contributed by atoms with Gasteiger partial charge >= 0.3 is 12.6 Å². The van der Waals surface area contributed by atoms with Crippen molar-refractivity contribution < 1.29 is 27.4 Å². The van der Waals surface area contributed by atoms with Crippen molar-refractivity contribution >= 4 is 16.6 Å². The number of piperidine rings is 1. The maximum atomic E-state index is 12.7. The third-order valence-corrected chi connectivity index (χ3v) is 6.59. The van der Waals surface area contributed by atoms with Gasteiger partial charge in [0, 0.05) is 32.1 Å². The molecule has 9 heteroatoms. The van der Waals surface area contributed by atoms with E-state index in [0.29, 0.717) is 26.2 Å². The van der Waals surface area contributed by atoms with Crippen LogP contribution in [0.3, 0.4) is 0 Å². The highest BCUT2D eigenvalue weighted by Crippen LogP contribution is 2.40. The molecule has 0 saturated carbocycles. The number of urea groups is 1. The number of ether oxygens (including phenoxy) is 1. The number of likely N-dealkylation sites (tertiary alicyclic amines) is 1. The number of amides is 2. The smallest absolute Gasteiger partial charge is 0.387 e. The van der Waals surface area contributed by atoms with Crippen LogP contribution in [0.5, 0.6) is 5.75 Å². The summed E-state index contributed by atoms with van der Waals surface area (Å²) in [6.45, 7) is -0.870. The van der Waals surface area contributed by atoms with Gasteiger partial charge in [0.2, 0.25) is 0 Å². The quantitative estimate of drug-likeness (QED) is 0.826. The molecule has 1 aromatic rings. The highest BCUT2D eigenvalue weighted by atomic mass is 32.3. The van der Waals surface area contributed by atoms with Crippen LogP contribution in [0, 0.1) is 0 Å². The number of carbonyl (C=O) groups is 1. The van der Waals surface area contributed by atoms with E-state index in [-0.39, 0.29) is 29.2 Å². The summed E-state index contributed by atoms with van der Waals surface area (Å²) in [4.78, 5) is 16.2. The van der Waals surface area contributed by atoms with Crippen LogP contribution in [0.2, 0.25) is 0 Å². The largest absolute Gasteiger partial charge is 0.435 e. The zero-order valence-corrected chi connectivity index (χ0v) is 15.2. The van der Waals surface area contributed by atoms with Crippen LogP contribution in [0.4, 0.5) is 13.6 Å². The third kappa shape index (κ3) is 4.77. The summed E-state index contributed by atoms with van der Waals surface area (Å²) in [5, 5.41) is 0. The van der Waals surface area contributed by atoms with Crippen molar-refractivity contribution in [2.24, 2.45) is 0 Å². The molecular weight excluding hydrogens is 366 g/mol. The lowest BCUT2D eigenvalue weighted by molar-refractivity contribution is -0.0498. The van der Waals surface area contributed by atoms with E-state index < -0.39 is 17.2 Å². The lowest BCUT2D eigenvalue weighted by Gasteiger charge is -2.43. The Hall–Kier alpha value is -1.58. The Morgan fingerprint density at radius 1 is 1.12 bits per heavy atom. The van der Waals surface area contributed by atoms with Gasteiger partial charge in [-0.15, -0.1) is 0 Å². The molecule has 1 atom stereocenters. The molecule has 0 aliphatic carbocycles. The van der Waals surface area contributed by atoms with Crippen molar-refractivity contribution in [1.82, 2.24) is 9.80 Å². The van der Waals surface area contributed by atoms with Crippen LogP contribution in [-0.2, 0) is 0 Å². The van der Waals surface area contributed by atoms with E-state index in [9.17, 15) is 22.7 Å². The summed E-state index contributed by atoms with van der Waals surface area (Å²) in [5.74, 6) is 0.752. The summed E-state index contributed by atoms with van der Waals surface area (Å²) in [7, 11) is -2.52. The SMILES string of the molecule is O=C(N1CCS(O)(O)CC1)N1CCCC(c2ccc(OC(F)F)cc2)C1. The third-order valence-electron chi connectivity index (χ3n) is 4.92. The minimum absolute atomic E-state index is 0.0674. The van der Waals surface area contributed by atoms with Gasteiger partial charge in [-0.1, -0.05) is 12.1 Å². The first-order valence-corrected chi connectivity index (χ1v) is 10.5. The van der Waals surface area contributed by atoms with Crippen molar-refractivity contribution in [3.63, 3.8) is 0 Å². The Balaban J connectivity index is 1.59. The Morgan fingerprint density at radius 3 is 2.38 bits per heavy atom. The van der Waals surface area contributed by atoms with E-state index in [4.69, 9.17) is 0 Å². The van der Waals surface area contributed by atoms with Gasteiger partial charge in [-0.05, 0) is 30.5 Å². The molecule has 1 aromatic carbocycles. The number of hydrogen-bond acceptors (Lipinski definition) is 4. The molecule has 2 aliphatic rings. The minimum atomic E-state index is -2.84. The zero-order valence-electron chi connectivity index (χ0n) is 14.4. The fraction of sp³-hybridized carbons (Fsp3) is 0.588. The predicted molar refractivity (Wildman–Crippen MR) is 96.2 cm³/mol. The molecule has 26 heavy (non-hydrogen) atoms. The topological polar surface area (TPSA) is 73.2 Å². The second-order valence-corrected chi connectivity index (χ2v) is 9.13. The molecule has 2 N–H and O–H groups in total. The van der Waals surface area contributed by atoms with Crippen LogP contribution in [0.1, 0.15) is 24.3 Å². The monoisotopic (exact) mass is 390 g/mol. The van der Waals surface area contributed by atoms with E-state index in [1.54, 1.807) is 21.9 Å². The molecule has 0 radical (unpaired) electrons. The van der Waals surface area contributed by atoms with Crippen molar-refractivity contribution in [1.29, 1.82) is 0 Å². The number of rotatable bonds is 3. The molecule has 2 aliphatic heterocycles. The first-order valence-electron chi connectivity index (χ1n) is 8.66. The molecule has 2 fully saturated rings. The average Bonchev–Trinajstić information content (AvgIpc) is 2.61. The van der Waals surface area contributed by atoms with Gasteiger partial charge in [-0.25, -0.2) is 4.79 Å². The van der Waals surface area contributed by atoms with Crippen molar-refractivity contribution in [2.45, 2.75) is 25.4 Å². The fourth-order valence-corrected chi connectivity index (χ4v) is 4.69. The van der Waals surface area contributed by atoms with Gasteiger partial charge in [0.1, 0.15) is 5.75 Å². The lowest BCUT2D eigenvalue weighted by Crippen LogP contribution is -2.51. The maximum absolute atomic E-state index is 12.7. The standard InChI is InChI=1S/C17H24F2N2O4S/c18-16(19)25-15-5-3-13(4-6-15)14-2-1-7-21(12-14)17(22)20-8-10-26(23,24)11-9-20/h3-6,14,16,23-24H,1-2,7-12H2. The second kappa shape index (κ2) is 7.98. The summed E-state index contributed by atoms with van der Waals surface area (Å²) in [6, 6.07) is 6.52. The number of hydrogen-bond donors (Lipinski definition) is 2. The fourth-order valence-electron chi connectivity index (χ4n) is 3.46. The number of benzene rings is 1. The Bertz CT molecular complexity index is 620. The van der Waals surface area contributed by atoms with Gasteiger partial charge in [0.05, 0.1) is 11.5 Å². The number of halogens is 2. The Kier molecular flexibility index (Phi) is 5.89. The van der Waals surface area contributed by atoms with E-state index in [0.717, 1.165) is 18.4 Å². The first kappa shape index (κ1) is 19.2. The van der Waals surface area contributed by atoms with Crippen LogP contribution in [0.25, 0.3) is 0 Å². The second-order valence-electron chi connectivity index (χ2n) is 6.71. The summed E-state index contributed by atoms with van der Waals surface area (Å²) < 4.78 is 48.2. The average molecular weight is 390 g/mol. The Morgan fingerprint density at radius 2 is 1.77 bits per heavy atom. The van der Waals surface area contributed by atoms with Gasteiger partial charge in [-0.3, -0.25) is 9.11 Å². The van der Waals surface area contributed by atoms with Gasteiger partial charge in [0.15, 0.2) is 0 Å². The number of carbonyl (C=O) groups excluding carboxylic acids is 1. The normalized spacial score (nSPS) is 24.4. The van der Waals surface area contributed by atoms with Gasteiger partial charge < -0.3 is 14.5 Å². The lowest BCUT2D eigenvalue weighted by atomic mass is 9.91. The number of alkyl halides is 2. The summed E-state index contributed by atoms with van der Waals surface area (Å²) in [6.07, 6.45) is 1.80. The van der Waals surface area contributed by atoms with Crippen LogP contribution < -0.4 is 4.74 Å². The molecule has 0 spiro atoms. The molecule has 2 saturated heterocycles. The van der Waals surface area contributed by atoms with E-state index in [1.807, 2.05) is 0 Å². The summed E-state index contributed by atoms with van der Waals surface area (Å²) >= 11 is 0. The molecule has 0 bridgehead atoms. The first-order chi connectivity index (χ1) is 12.3. The number of nitrogens with zero attached hydrogens (tertiary/aromatic N) is 2. The highest BCUT2D eigenvalue weighted by Gasteiger charge is 2.31. The Labute approximate surface area is 153 Å².